The molecule has 0 amide bonds. The van der Waals surface area contributed by atoms with E-state index in [1.165, 1.54) is 7.11 Å². The Labute approximate surface area is 102 Å². The SMILES string of the molecule is CCC(OC)C(O)c1ccc(F)c(C(F)(F)F)c1. The number of benzene rings is 1. The van der Waals surface area contributed by atoms with Crippen LogP contribution in [0.5, 0.6) is 0 Å². The number of methoxy groups -OCH3 is 1. The molecule has 1 rings (SSSR count). The summed E-state index contributed by atoms with van der Waals surface area (Å²) in [4.78, 5) is 0. The highest BCUT2D eigenvalue weighted by Crippen LogP contribution is 2.33. The van der Waals surface area contributed by atoms with Gasteiger partial charge in [-0.05, 0) is 24.1 Å². The average Bonchev–Trinajstić information content (AvgIpc) is 2.29. The summed E-state index contributed by atoms with van der Waals surface area (Å²) in [5.41, 5.74) is -1.40. The summed E-state index contributed by atoms with van der Waals surface area (Å²) in [6.45, 7) is 1.73. The van der Waals surface area contributed by atoms with Gasteiger partial charge in [-0.3, -0.25) is 0 Å². The van der Waals surface area contributed by atoms with Crippen LogP contribution in [0, 0.1) is 5.82 Å². The summed E-state index contributed by atoms with van der Waals surface area (Å²) < 4.78 is 55.5. The van der Waals surface area contributed by atoms with Gasteiger partial charge in [0.1, 0.15) is 11.9 Å². The fourth-order valence-corrected chi connectivity index (χ4v) is 1.68. The van der Waals surface area contributed by atoms with E-state index < -0.39 is 29.8 Å². The molecule has 0 saturated carbocycles. The minimum Gasteiger partial charge on any atom is -0.386 e. The molecule has 0 fully saturated rings. The lowest BCUT2D eigenvalue weighted by Gasteiger charge is -2.21. The van der Waals surface area contributed by atoms with Crippen LogP contribution in [0.15, 0.2) is 18.2 Å². The molecule has 18 heavy (non-hydrogen) atoms. The second-order valence-electron chi connectivity index (χ2n) is 3.86. The fourth-order valence-electron chi connectivity index (χ4n) is 1.68. The van der Waals surface area contributed by atoms with Crippen LogP contribution in [0.2, 0.25) is 0 Å². The van der Waals surface area contributed by atoms with Gasteiger partial charge in [-0.2, -0.15) is 13.2 Å². The fraction of sp³-hybridized carbons (Fsp3) is 0.500. The number of aliphatic hydroxyl groups is 1. The molecule has 0 bridgehead atoms. The Balaban J connectivity index is 3.12. The molecular formula is C12H14F4O2. The molecule has 0 spiro atoms. The van der Waals surface area contributed by atoms with E-state index >= 15 is 0 Å². The molecule has 0 aliphatic carbocycles. The van der Waals surface area contributed by atoms with E-state index in [-0.39, 0.29) is 5.56 Å². The van der Waals surface area contributed by atoms with E-state index in [2.05, 4.69) is 0 Å². The predicted octanol–water partition coefficient (Wildman–Crippen LogP) is 3.30. The second kappa shape index (κ2) is 5.67. The van der Waals surface area contributed by atoms with Gasteiger partial charge in [-0.25, -0.2) is 4.39 Å². The van der Waals surface area contributed by atoms with Gasteiger partial charge in [-0.15, -0.1) is 0 Å². The molecule has 0 heterocycles. The van der Waals surface area contributed by atoms with Crippen LogP contribution in [-0.4, -0.2) is 18.3 Å². The molecule has 0 aliphatic heterocycles. The minimum atomic E-state index is -4.78. The van der Waals surface area contributed by atoms with Gasteiger partial charge in [-0.1, -0.05) is 13.0 Å². The number of ether oxygens (including phenoxy) is 1. The summed E-state index contributed by atoms with van der Waals surface area (Å²) in [5.74, 6) is -1.36. The summed E-state index contributed by atoms with van der Waals surface area (Å²) in [6, 6.07) is 2.43. The van der Waals surface area contributed by atoms with Gasteiger partial charge >= 0.3 is 6.18 Å². The van der Waals surface area contributed by atoms with Crippen LogP contribution >= 0.6 is 0 Å². The van der Waals surface area contributed by atoms with E-state index in [0.717, 1.165) is 6.07 Å². The molecule has 1 aromatic carbocycles. The molecule has 0 aliphatic rings. The molecule has 0 aromatic heterocycles. The molecule has 0 saturated heterocycles. The van der Waals surface area contributed by atoms with Crippen LogP contribution in [0.1, 0.15) is 30.6 Å². The molecular weight excluding hydrogens is 252 g/mol. The number of hydrogen-bond acceptors (Lipinski definition) is 2. The summed E-state index contributed by atoms with van der Waals surface area (Å²) >= 11 is 0. The van der Waals surface area contributed by atoms with Crippen molar-refractivity contribution in [2.75, 3.05) is 7.11 Å². The highest BCUT2D eigenvalue weighted by atomic mass is 19.4. The van der Waals surface area contributed by atoms with Gasteiger partial charge < -0.3 is 9.84 Å². The molecule has 0 radical (unpaired) electrons. The third-order valence-electron chi connectivity index (χ3n) is 2.69. The molecule has 2 atom stereocenters. The van der Waals surface area contributed by atoms with Crippen molar-refractivity contribution < 1.29 is 27.4 Å². The van der Waals surface area contributed by atoms with Crippen molar-refractivity contribution in [3.8, 4) is 0 Å². The zero-order valence-electron chi connectivity index (χ0n) is 9.96. The van der Waals surface area contributed by atoms with Crippen molar-refractivity contribution in [3.05, 3.63) is 35.1 Å². The lowest BCUT2D eigenvalue weighted by Crippen LogP contribution is -2.20. The standard InChI is InChI=1S/C12H14F4O2/c1-3-10(18-2)11(17)7-4-5-9(13)8(6-7)12(14,15)16/h4-6,10-11,17H,3H2,1-2H3. The van der Waals surface area contributed by atoms with Gasteiger partial charge in [0, 0.05) is 7.11 Å². The zero-order chi connectivity index (χ0) is 13.9. The van der Waals surface area contributed by atoms with Crippen molar-refractivity contribution in [2.45, 2.75) is 31.7 Å². The first-order valence-electron chi connectivity index (χ1n) is 5.38. The van der Waals surface area contributed by atoms with Crippen molar-refractivity contribution in [1.82, 2.24) is 0 Å². The van der Waals surface area contributed by atoms with Crippen molar-refractivity contribution in [1.29, 1.82) is 0 Å². The maximum atomic E-state index is 13.1. The third kappa shape index (κ3) is 3.20. The Bertz CT molecular complexity index is 400. The lowest BCUT2D eigenvalue weighted by atomic mass is 10.00. The smallest absolute Gasteiger partial charge is 0.386 e. The number of rotatable bonds is 4. The normalized spacial score (nSPS) is 15.5. The van der Waals surface area contributed by atoms with Gasteiger partial charge in [0.25, 0.3) is 0 Å². The number of aliphatic hydroxyl groups excluding tert-OH is 1. The number of halogens is 4. The van der Waals surface area contributed by atoms with Crippen LogP contribution in [0.3, 0.4) is 0 Å². The summed E-state index contributed by atoms with van der Waals surface area (Å²) in [5, 5.41) is 9.85. The molecule has 6 heteroatoms. The molecule has 2 nitrogen and oxygen atoms in total. The monoisotopic (exact) mass is 266 g/mol. The zero-order valence-corrected chi connectivity index (χ0v) is 9.96. The second-order valence-corrected chi connectivity index (χ2v) is 3.86. The summed E-state index contributed by atoms with van der Waals surface area (Å²) in [6.07, 6.45) is -6.21. The lowest BCUT2D eigenvalue weighted by molar-refractivity contribution is -0.140. The van der Waals surface area contributed by atoms with E-state index in [9.17, 15) is 22.7 Å². The first-order valence-corrected chi connectivity index (χ1v) is 5.38. The Morgan fingerprint density at radius 3 is 2.39 bits per heavy atom. The largest absolute Gasteiger partial charge is 0.419 e. The van der Waals surface area contributed by atoms with Gasteiger partial charge in [0.2, 0.25) is 0 Å². The Kier molecular flexibility index (Phi) is 4.70. The Morgan fingerprint density at radius 1 is 1.33 bits per heavy atom. The number of alkyl halides is 3. The van der Waals surface area contributed by atoms with E-state index in [1.807, 2.05) is 0 Å². The molecule has 1 N–H and O–H groups in total. The average molecular weight is 266 g/mol. The quantitative estimate of drug-likeness (QED) is 0.847. The van der Waals surface area contributed by atoms with Gasteiger partial charge in [0.15, 0.2) is 0 Å². The van der Waals surface area contributed by atoms with Crippen molar-refractivity contribution >= 4 is 0 Å². The van der Waals surface area contributed by atoms with E-state index in [0.29, 0.717) is 18.6 Å². The van der Waals surface area contributed by atoms with E-state index in [4.69, 9.17) is 4.74 Å². The minimum absolute atomic E-state index is 0.0163. The number of hydrogen-bond donors (Lipinski definition) is 1. The van der Waals surface area contributed by atoms with Crippen LogP contribution in [-0.2, 0) is 10.9 Å². The maximum Gasteiger partial charge on any atom is 0.419 e. The predicted molar refractivity (Wildman–Crippen MR) is 57.4 cm³/mol. The summed E-state index contributed by atoms with van der Waals surface area (Å²) in [7, 11) is 1.35. The highest BCUT2D eigenvalue weighted by Gasteiger charge is 2.35. The molecule has 2 unspecified atom stereocenters. The van der Waals surface area contributed by atoms with Crippen LogP contribution < -0.4 is 0 Å². The molecule has 1 aromatic rings. The topological polar surface area (TPSA) is 29.5 Å². The maximum absolute atomic E-state index is 13.1. The van der Waals surface area contributed by atoms with Gasteiger partial charge in [0.05, 0.1) is 11.7 Å². The van der Waals surface area contributed by atoms with Crippen molar-refractivity contribution in [3.63, 3.8) is 0 Å². The highest BCUT2D eigenvalue weighted by molar-refractivity contribution is 5.29. The van der Waals surface area contributed by atoms with Crippen molar-refractivity contribution in [2.24, 2.45) is 0 Å². The first kappa shape index (κ1) is 14.9. The Morgan fingerprint density at radius 2 is 1.94 bits per heavy atom. The third-order valence-corrected chi connectivity index (χ3v) is 2.69. The first-order chi connectivity index (χ1) is 8.31. The van der Waals surface area contributed by atoms with E-state index in [1.54, 1.807) is 6.92 Å². The molecule has 102 valence electrons. The Hall–Kier alpha value is -1.14. The van der Waals surface area contributed by atoms with Crippen LogP contribution in [0.4, 0.5) is 17.6 Å². The van der Waals surface area contributed by atoms with Crippen LogP contribution in [0.25, 0.3) is 0 Å².